The van der Waals surface area contributed by atoms with Crippen LogP contribution < -0.4 is 15.4 Å². The molecule has 0 spiro atoms. The van der Waals surface area contributed by atoms with E-state index < -0.39 is 6.09 Å². The van der Waals surface area contributed by atoms with Crippen LogP contribution >= 0.6 is 33.2 Å². The van der Waals surface area contributed by atoms with E-state index in [9.17, 15) is 14.4 Å². The number of carbonyl (C=O) groups is 3. The minimum absolute atomic E-state index is 0.122. The van der Waals surface area contributed by atoms with Gasteiger partial charge in [0.1, 0.15) is 5.75 Å². The quantitative estimate of drug-likeness (QED) is 0.243. The molecule has 1 aromatic heterocycles. The van der Waals surface area contributed by atoms with Crippen molar-refractivity contribution in [1.29, 1.82) is 0 Å². The maximum Gasteiger partial charge on any atom is 0.404 e. The Hall–Kier alpha value is -2.82. The molecular weight excluding hydrogens is 510 g/mol. The Morgan fingerprint density at radius 1 is 1.03 bits per heavy atom. The first-order valence-electron chi connectivity index (χ1n) is 10.8. The summed E-state index contributed by atoms with van der Waals surface area (Å²) in [5, 5.41) is 15.1. The topological polar surface area (TPSA) is 110 Å². The first kappa shape index (κ1) is 26.8. The van der Waals surface area contributed by atoms with Crippen molar-refractivity contribution in [2.75, 3.05) is 31.7 Å². The van der Waals surface area contributed by atoms with Gasteiger partial charge in [0.25, 0.3) is 5.91 Å². The Labute approximate surface area is 216 Å². The fourth-order valence-electron chi connectivity index (χ4n) is 3.57. The minimum Gasteiger partial charge on any atom is -0.497 e. The van der Waals surface area contributed by atoms with E-state index >= 15 is 0 Å². The molecule has 0 atom stereocenters. The fourth-order valence-corrected chi connectivity index (χ4v) is 5.51. The molecule has 0 radical (unpaired) electrons. The number of aromatic nitrogens is 1. The summed E-state index contributed by atoms with van der Waals surface area (Å²) >= 11 is 5.98. The van der Waals surface area contributed by atoms with Crippen LogP contribution in [0.2, 0.25) is 5.02 Å². The molecule has 0 bridgehead atoms. The van der Waals surface area contributed by atoms with Crippen LogP contribution in [0.3, 0.4) is 0 Å². The van der Waals surface area contributed by atoms with E-state index in [4.69, 9.17) is 21.4 Å². The zero-order valence-corrected chi connectivity index (χ0v) is 21.7. The molecule has 35 heavy (non-hydrogen) atoms. The third-order valence-corrected chi connectivity index (χ3v) is 7.89. The molecule has 8 nitrogen and oxygen atoms in total. The number of amides is 2. The molecule has 0 fully saturated rings. The van der Waals surface area contributed by atoms with Crippen LogP contribution in [0.25, 0.3) is 10.9 Å². The van der Waals surface area contributed by atoms with Crippen LogP contribution in [0.1, 0.15) is 21.6 Å². The van der Waals surface area contributed by atoms with Crippen molar-refractivity contribution >= 4 is 62.0 Å². The van der Waals surface area contributed by atoms with E-state index in [2.05, 4.69) is 10.6 Å². The monoisotopic (exact) mass is 535 g/mol. The molecule has 1 heterocycles. The number of rotatable bonds is 11. The number of carbonyl (C=O) groups excluding carboxylic acids is 2. The second-order valence-electron chi connectivity index (χ2n) is 7.50. The molecule has 2 aromatic carbocycles. The van der Waals surface area contributed by atoms with E-state index in [1.54, 1.807) is 63.6 Å². The summed E-state index contributed by atoms with van der Waals surface area (Å²) in [5.41, 5.74) is 2.65. The van der Waals surface area contributed by atoms with Crippen LogP contribution in [0.4, 0.5) is 4.79 Å². The largest absolute Gasteiger partial charge is 0.497 e. The van der Waals surface area contributed by atoms with Gasteiger partial charge in [-0.15, -0.1) is 0 Å². The summed E-state index contributed by atoms with van der Waals surface area (Å²) in [4.78, 5) is 36.5. The zero-order valence-electron chi connectivity index (χ0n) is 19.3. The van der Waals surface area contributed by atoms with Crippen molar-refractivity contribution in [2.24, 2.45) is 0 Å². The highest BCUT2D eigenvalue weighted by Gasteiger charge is 2.22. The van der Waals surface area contributed by atoms with Crippen LogP contribution in [-0.4, -0.2) is 59.3 Å². The van der Waals surface area contributed by atoms with Gasteiger partial charge in [0.2, 0.25) is 5.91 Å². The highest BCUT2D eigenvalue weighted by Crippen LogP contribution is 2.31. The molecule has 0 aliphatic rings. The molecule has 3 rings (SSSR count). The Morgan fingerprint density at radius 2 is 1.69 bits per heavy atom. The number of methoxy groups -OCH3 is 1. The molecule has 0 unspecified atom stereocenters. The summed E-state index contributed by atoms with van der Waals surface area (Å²) in [5.74, 6) is 1.63. The molecule has 0 aliphatic heterocycles. The average molecular weight is 536 g/mol. The SMILES string of the molecule is COc1ccc2c(c1)c(CC(=O)NCCSSCCNC(=O)O)c(C)n2C(=O)c1ccc(Cl)cc1. The van der Waals surface area contributed by atoms with E-state index in [0.29, 0.717) is 52.1 Å². The number of carboxylic acid groups (broad SMARTS) is 1. The van der Waals surface area contributed by atoms with Gasteiger partial charge in [-0.1, -0.05) is 33.2 Å². The zero-order chi connectivity index (χ0) is 25.4. The van der Waals surface area contributed by atoms with Crippen LogP contribution in [0, 0.1) is 6.92 Å². The lowest BCUT2D eigenvalue weighted by Gasteiger charge is -2.08. The number of halogens is 1. The molecule has 3 aromatic rings. The van der Waals surface area contributed by atoms with Crippen molar-refractivity contribution in [3.63, 3.8) is 0 Å². The Balaban J connectivity index is 1.71. The predicted molar refractivity (Wildman–Crippen MR) is 142 cm³/mol. The van der Waals surface area contributed by atoms with Gasteiger partial charge in [-0.05, 0) is 55.0 Å². The number of nitrogens with zero attached hydrogens (tertiary/aromatic N) is 1. The summed E-state index contributed by atoms with van der Waals surface area (Å²) < 4.78 is 6.99. The molecule has 0 saturated carbocycles. The molecule has 2 amide bonds. The van der Waals surface area contributed by atoms with Gasteiger partial charge in [0, 0.05) is 46.3 Å². The molecule has 0 saturated heterocycles. The predicted octanol–water partition coefficient (Wildman–Crippen LogP) is 4.61. The first-order valence-corrected chi connectivity index (χ1v) is 13.6. The normalized spacial score (nSPS) is 10.8. The molecule has 186 valence electrons. The maximum atomic E-state index is 13.3. The average Bonchev–Trinajstić information content (AvgIpc) is 3.10. The van der Waals surface area contributed by atoms with Crippen molar-refractivity contribution in [2.45, 2.75) is 13.3 Å². The van der Waals surface area contributed by atoms with Crippen LogP contribution in [0.15, 0.2) is 42.5 Å². The van der Waals surface area contributed by atoms with Gasteiger partial charge in [-0.3, -0.25) is 14.2 Å². The van der Waals surface area contributed by atoms with Gasteiger partial charge < -0.3 is 20.5 Å². The van der Waals surface area contributed by atoms with Crippen molar-refractivity contribution in [1.82, 2.24) is 15.2 Å². The minimum atomic E-state index is -1.04. The van der Waals surface area contributed by atoms with Gasteiger partial charge in [0.15, 0.2) is 0 Å². The number of benzene rings is 2. The number of fused-ring (bicyclic) bond motifs is 1. The van der Waals surface area contributed by atoms with Gasteiger partial charge in [-0.25, -0.2) is 4.79 Å². The summed E-state index contributed by atoms with van der Waals surface area (Å²) in [6.45, 7) is 2.69. The maximum absolute atomic E-state index is 13.3. The lowest BCUT2D eigenvalue weighted by atomic mass is 10.1. The summed E-state index contributed by atoms with van der Waals surface area (Å²) in [6.07, 6.45) is -0.913. The second kappa shape index (κ2) is 12.8. The van der Waals surface area contributed by atoms with E-state index in [0.717, 1.165) is 10.9 Å². The van der Waals surface area contributed by atoms with E-state index in [1.807, 2.05) is 19.1 Å². The number of hydrogen-bond acceptors (Lipinski definition) is 6. The lowest BCUT2D eigenvalue weighted by Crippen LogP contribution is -2.27. The summed E-state index contributed by atoms with van der Waals surface area (Å²) in [7, 11) is 4.68. The van der Waals surface area contributed by atoms with Gasteiger partial charge >= 0.3 is 6.09 Å². The van der Waals surface area contributed by atoms with Crippen molar-refractivity contribution < 1.29 is 24.2 Å². The third-order valence-electron chi connectivity index (χ3n) is 5.23. The van der Waals surface area contributed by atoms with Crippen LogP contribution in [0.5, 0.6) is 5.75 Å². The second-order valence-corrected chi connectivity index (χ2v) is 10.6. The van der Waals surface area contributed by atoms with E-state index in [-0.39, 0.29) is 18.2 Å². The van der Waals surface area contributed by atoms with Gasteiger partial charge in [0.05, 0.1) is 19.0 Å². The molecule has 3 N–H and O–H groups in total. The van der Waals surface area contributed by atoms with Crippen molar-refractivity contribution in [3.8, 4) is 5.75 Å². The van der Waals surface area contributed by atoms with Crippen LogP contribution in [-0.2, 0) is 11.2 Å². The highest BCUT2D eigenvalue weighted by atomic mass is 35.5. The van der Waals surface area contributed by atoms with E-state index in [1.165, 1.54) is 0 Å². The Morgan fingerprint density at radius 3 is 2.31 bits per heavy atom. The van der Waals surface area contributed by atoms with Gasteiger partial charge in [-0.2, -0.15) is 0 Å². The number of hydrogen-bond donors (Lipinski definition) is 3. The molecule has 0 aliphatic carbocycles. The standard InChI is InChI=1S/C24H26ClN3O5S2/c1-15-19(14-22(29)26-9-11-34-35-12-10-27-24(31)32)20-13-18(33-2)7-8-21(20)28(15)23(30)16-3-5-17(25)6-4-16/h3-8,13,27H,9-12,14H2,1-2H3,(H,26,29)(H,31,32). The number of ether oxygens (including phenoxy) is 1. The Bertz CT molecular complexity index is 1210. The first-order chi connectivity index (χ1) is 16.8. The molecule has 11 heteroatoms. The third kappa shape index (κ3) is 7.09. The summed E-state index contributed by atoms with van der Waals surface area (Å²) in [6, 6.07) is 12.2. The van der Waals surface area contributed by atoms with Crippen molar-refractivity contribution in [3.05, 3.63) is 64.3 Å². The number of nitrogens with one attached hydrogen (secondary N) is 2. The molecular formula is C24H26ClN3O5S2. The lowest BCUT2D eigenvalue weighted by molar-refractivity contribution is -0.120. The fraction of sp³-hybridized carbons (Fsp3) is 0.292. The Kier molecular flexibility index (Phi) is 9.76. The smallest absolute Gasteiger partial charge is 0.404 e. The highest BCUT2D eigenvalue weighted by molar-refractivity contribution is 8.76.